The van der Waals surface area contributed by atoms with Crippen LogP contribution < -0.4 is 0 Å². The molecule has 1 N–H and O–H groups in total. The second-order valence-corrected chi connectivity index (χ2v) is 2.95. The van der Waals surface area contributed by atoms with Gasteiger partial charge in [-0.05, 0) is 22.6 Å². The maximum Gasteiger partial charge on any atom is 0.336 e. The maximum atomic E-state index is 12.3. The minimum atomic E-state index is -1.14. The quantitative estimate of drug-likeness (QED) is 0.620. The number of rotatable bonds is 1. The molecule has 0 aliphatic carbocycles. The Morgan fingerprint density at radius 1 is 1.73 bits per heavy atom. The molecule has 0 aliphatic rings. The average Bonchev–Trinajstić information content (AvgIpc) is 1.94. The monoisotopic (exact) mass is 267 g/mol. The van der Waals surface area contributed by atoms with Crippen molar-refractivity contribution in [2.45, 2.75) is 0 Å². The molecule has 1 rings (SSSR count). The third-order valence-electron chi connectivity index (χ3n) is 1.05. The molecule has 0 aliphatic heterocycles. The van der Waals surface area contributed by atoms with Crippen molar-refractivity contribution < 1.29 is 14.3 Å². The predicted molar refractivity (Wildman–Crippen MR) is 43.9 cm³/mol. The minimum absolute atomic E-state index is 0.0573. The van der Waals surface area contributed by atoms with E-state index in [2.05, 4.69) is 4.98 Å². The molecule has 0 atom stereocenters. The Kier molecular flexibility index (Phi) is 2.38. The Balaban J connectivity index is 3.23. The lowest BCUT2D eigenvalue weighted by Gasteiger charge is -1.96. The lowest BCUT2D eigenvalue weighted by Crippen LogP contribution is -2.01. The number of pyridine rings is 1. The molecule has 0 aromatic carbocycles. The molecule has 58 valence electrons. The molecule has 1 aromatic heterocycles. The largest absolute Gasteiger partial charge is 0.478 e. The Morgan fingerprint density at radius 3 is 2.82 bits per heavy atom. The molecule has 0 radical (unpaired) electrons. The van der Waals surface area contributed by atoms with Crippen molar-refractivity contribution >= 4 is 28.6 Å². The first kappa shape index (κ1) is 8.38. The molecule has 0 unspecified atom stereocenters. The maximum absolute atomic E-state index is 12.3. The fraction of sp³-hybridized carbons (Fsp3) is 0. The van der Waals surface area contributed by atoms with Crippen LogP contribution in [0.3, 0.4) is 0 Å². The van der Waals surface area contributed by atoms with Gasteiger partial charge in [-0.25, -0.2) is 9.78 Å². The zero-order chi connectivity index (χ0) is 8.43. The van der Waals surface area contributed by atoms with Crippen molar-refractivity contribution in [1.29, 1.82) is 0 Å². The van der Waals surface area contributed by atoms with Crippen LogP contribution in [0, 0.1) is 9.52 Å². The van der Waals surface area contributed by atoms with E-state index < -0.39 is 11.9 Å². The summed E-state index contributed by atoms with van der Waals surface area (Å²) >= 11 is 1.78. The molecule has 0 saturated carbocycles. The minimum Gasteiger partial charge on any atom is -0.478 e. The highest BCUT2D eigenvalue weighted by Gasteiger charge is 2.08. The molecule has 3 nitrogen and oxygen atoms in total. The van der Waals surface area contributed by atoms with Gasteiger partial charge in [0.05, 0.1) is 5.56 Å². The number of nitrogens with zero attached hydrogens (tertiary/aromatic N) is 1. The van der Waals surface area contributed by atoms with Gasteiger partial charge >= 0.3 is 5.97 Å². The first-order valence-corrected chi connectivity index (χ1v) is 3.73. The van der Waals surface area contributed by atoms with Gasteiger partial charge in [0.25, 0.3) is 0 Å². The van der Waals surface area contributed by atoms with Crippen LogP contribution in [0.4, 0.5) is 4.39 Å². The molecule has 1 aromatic rings. The van der Waals surface area contributed by atoms with Crippen LogP contribution >= 0.6 is 22.6 Å². The van der Waals surface area contributed by atoms with E-state index in [-0.39, 0.29) is 5.56 Å². The summed E-state index contributed by atoms with van der Waals surface area (Å²) < 4.78 is 12.8. The molecule has 0 saturated heterocycles. The van der Waals surface area contributed by atoms with Crippen LogP contribution in [-0.2, 0) is 0 Å². The first-order valence-electron chi connectivity index (χ1n) is 2.65. The number of aromatic nitrogens is 1. The van der Waals surface area contributed by atoms with Crippen LogP contribution in [0.15, 0.2) is 12.3 Å². The van der Waals surface area contributed by atoms with Gasteiger partial charge in [-0.15, -0.1) is 0 Å². The molecular weight excluding hydrogens is 264 g/mol. The third kappa shape index (κ3) is 1.86. The van der Waals surface area contributed by atoms with Crippen molar-refractivity contribution in [1.82, 2.24) is 4.98 Å². The topological polar surface area (TPSA) is 50.2 Å². The van der Waals surface area contributed by atoms with E-state index in [0.717, 1.165) is 6.07 Å². The SMILES string of the molecule is O=C(O)c1cc(F)ncc1I. The van der Waals surface area contributed by atoms with Crippen molar-refractivity contribution in [2.24, 2.45) is 0 Å². The Morgan fingerprint density at radius 2 is 2.36 bits per heavy atom. The fourth-order valence-electron chi connectivity index (χ4n) is 0.577. The smallest absolute Gasteiger partial charge is 0.336 e. The van der Waals surface area contributed by atoms with Gasteiger partial charge in [0, 0.05) is 15.8 Å². The number of halogens is 2. The van der Waals surface area contributed by atoms with Crippen molar-refractivity contribution in [2.75, 3.05) is 0 Å². The molecular formula is C6H3FINO2. The van der Waals surface area contributed by atoms with Crippen molar-refractivity contribution in [3.63, 3.8) is 0 Å². The summed E-state index contributed by atoms with van der Waals surface area (Å²) in [6, 6.07) is 0.893. The fourth-order valence-corrected chi connectivity index (χ4v) is 1.10. The van der Waals surface area contributed by atoms with E-state index in [4.69, 9.17) is 5.11 Å². The van der Waals surface area contributed by atoms with Crippen molar-refractivity contribution in [3.8, 4) is 0 Å². The summed E-state index contributed by atoms with van der Waals surface area (Å²) in [5.41, 5.74) is -0.0573. The Bertz CT molecular complexity index is 303. The van der Waals surface area contributed by atoms with Gasteiger partial charge < -0.3 is 5.11 Å². The van der Waals surface area contributed by atoms with Crippen LogP contribution in [0.25, 0.3) is 0 Å². The Hall–Kier alpha value is -0.720. The van der Waals surface area contributed by atoms with Gasteiger partial charge in [-0.3, -0.25) is 0 Å². The molecule has 1 heterocycles. The summed E-state index contributed by atoms with van der Waals surface area (Å²) in [4.78, 5) is 13.7. The number of carbonyl (C=O) groups is 1. The molecule has 0 fully saturated rings. The van der Waals surface area contributed by atoms with E-state index in [9.17, 15) is 9.18 Å². The van der Waals surface area contributed by atoms with Crippen LogP contribution in [0.2, 0.25) is 0 Å². The zero-order valence-electron chi connectivity index (χ0n) is 5.21. The van der Waals surface area contributed by atoms with E-state index in [1.807, 2.05) is 0 Å². The van der Waals surface area contributed by atoms with Gasteiger partial charge in [-0.1, -0.05) is 0 Å². The summed E-state index contributed by atoms with van der Waals surface area (Å²) in [5.74, 6) is -1.92. The summed E-state index contributed by atoms with van der Waals surface area (Å²) in [5, 5.41) is 8.49. The normalized spacial score (nSPS) is 9.64. The average molecular weight is 267 g/mol. The van der Waals surface area contributed by atoms with Crippen LogP contribution in [0.1, 0.15) is 10.4 Å². The second-order valence-electron chi connectivity index (χ2n) is 1.79. The van der Waals surface area contributed by atoms with Gasteiger partial charge in [0.1, 0.15) is 0 Å². The number of aromatic carboxylic acids is 1. The van der Waals surface area contributed by atoms with Gasteiger partial charge in [-0.2, -0.15) is 4.39 Å². The zero-order valence-corrected chi connectivity index (χ0v) is 7.37. The van der Waals surface area contributed by atoms with E-state index in [1.54, 1.807) is 22.6 Å². The van der Waals surface area contributed by atoms with E-state index in [1.165, 1.54) is 6.20 Å². The van der Waals surface area contributed by atoms with E-state index >= 15 is 0 Å². The summed E-state index contributed by atoms with van der Waals surface area (Å²) in [6.07, 6.45) is 1.18. The third-order valence-corrected chi connectivity index (χ3v) is 1.91. The van der Waals surface area contributed by atoms with Crippen LogP contribution in [0.5, 0.6) is 0 Å². The highest BCUT2D eigenvalue weighted by molar-refractivity contribution is 14.1. The standard InChI is InChI=1S/C6H3FINO2/c7-5-1-3(6(10)11)4(8)2-9-5/h1-2H,(H,10,11). The first-order chi connectivity index (χ1) is 5.11. The molecule has 0 spiro atoms. The summed E-state index contributed by atoms with van der Waals surface area (Å²) in [7, 11) is 0. The van der Waals surface area contributed by atoms with Gasteiger partial charge in [0.2, 0.25) is 5.95 Å². The highest BCUT2D eigenvalue weighted by atomic mass is 127. The number of hydrogen-bond donors (Lipinski definition) is 1. The molecule has 11 heavy (non-hydrogen) atoms. The van der Waals surface area contributed by atoms with Gasteiger partial charge in [0.15, 0.2) is 0 Å². The molecule has 5 heteroatoms. The molecule has 0 amide bonds. The number of hydrogen-bond acceptors (Lipinski definition) is 2. The lowest BCUT2D eigenvalue weighted by atomic mass is 10.3. The van der Waals surface area contributed by atoms with E-state index in [0.29, 0.717) is 3.57 Å². The highest BCUT2D eigenvalue weighted by Crippen LogP contribution is 2.10. The van der Waals surface area contributed by atoms with Crippen LogP contribution in [-0.4, -0.2) is 16.1 Å². The lowest BCUT2D eigenvalue weighted by molar-refractivity contribution is 0.0695. The predicted octanol–water partition coefficient (Wildman–Crippen LogP) is 1.52. The Labute approximate surface area is 75.4 Å². The van der Waals surface area contributed by atoms with Crippen molar-refractivity contribution in [3.05, 3.63) is 27.3 Å². The summed E-state index contributed by atoms with van der Waals surface area (Å²) in [6.45, 7) is 0. The number of carboxylic acid groups (broad SMARTS) is 1. The number of carboxylic acids is 1. The molecule has 0 bridgehead atoms. The second kappa shape index (κ2) is 3.12.